The van der Waals surface area contributed by atoms with Crippen LogP contribution in [0.4, 0.5) is 0 Å². The zero-order chi connectivity index (χ0) is 11.4. The summed E-state index contributed by atoms with van der Waals surface area (Å²) in [6.07, 6.45) is 0. The lowest BCUT2D eigenvalue weighted by Gasteiger charge is -2.11. The number of hydrogen-bond donors (Lipinski definition) is 0. The van der Waals surface area contributed by atoms with Gasteiger partial charge in [-0.25, -0.2) is 4.21 Å². The molecular weight excluding hydrogens is 240 g/mol. The lowest BCUT2D eigenvalue weighted by Crippen LogP contribution is -1.96. The van der Waals surface area contributed by atoms with Gasteiger partial charge < -0.3 is 14.2 Å². The first-order valence-electron chi connectivity index (χ1n) is 4.02. The van der Waals surface area contributed by atoms with Gasteiger partial charge >= 0.3 is 0 Å². The molecule has 0 spiro atoms. The van der Waals surface area contributed by atoms with Crippen molar-refractivity contribution in [3.63, 3.8) is 0 Å². The molecule has 0 saturated heterocycles. The first kappa shape index (κ1) is 12.1. The Morgan fingerprint density at radius 1 is 1.00 bits per heavy atom. The first-order chi connectivity index (χ1) is 7.13. The number of methoxy groups -OCH3 is 3. The molecule has 0 fully saturated rings. The summed E-state index contributed by atoms with van der Waals surface area (Å²) in [5, 5.41) is 0. The van der Waals surface area contributed by atoms with Crippen LogP contribution in [-0.4, -0.2) is 25.5 Å². The summed E-state index contributed by atoms with van der Waals surface area (Å²) in [6.45, 7) is 0. The van der Waals surface area contributed by atoms with Gasteiger partial charge in [0.15, 0.2) is 21.5 Å². The van der Waals surface area contributed by atoms with Crippen molar-refractivity contribution in [2.75, 3.05) is 21.3 Å². The van der Waals surface area contributed by atoms with Gasteiger partial charge in [0.1, 0.15) is 10.6 Å². The Morgan fingerprint density at radius 3 is 1.87 bits per heavy atom. The molecule has 15 heavy (non-hydrogen) atoms. The average molecular weight is 251 g/mol. The zero-order valence-electron chi connectivity index (χ0n) is 8.57. The Morgan fingerprint density at radius 2 is 1.47 bits per heavy atom. The largest absolute Gasteiger partial charge is 0.495 e. The smallest absolute Gasteiger partial charge is 0.164 e. The normalized spacial score (nSPS) is 12.0. The molecule has 6 heteroatoms. The summed E-state index contributed by atoms with van der Waals surface area (Å²) in [5.41, 5.74) is 0. The number of hydrogen-bond acceptors (Lipinski definition) is 4. The molecule has 1 unspecified atom stereocenters. The Labute approximate surface area is 95.0 Å². The van der Waals surface area contributed by atoms with Crippen LogP contribution in [0.25, 0.3) is 0 Å². The molecule has 0 heterocycles. The minimum absolute atomic E-state index is 0.358. The number of rotatable bonds is 4. The number of halogens is 1. The Kier molecular flexibility index (Phi) is 4.23. The van der Waals surface area contributed by atoms with Crippen LogP contribution >= 0.6 is 10.7 Å². The standard InChI is InChI=1S/C9H11ClO4S/c1-12-6-4-8(14-3)9(15(10)11)5-7(6)13-2/h4-5H,1-3H3. The van der Waals surface area contributed by atoms with E-state index in [4.69, 9.17) is 24.9 Å². The van der Waals surface area contributed by atoms with Gasteiger partial charge in [0.2, 0.25) is 0 Å². The molecule has 0 aliphatic heterocycles. The first-order valence-corrected chi connectivity index (χ1v) is 5.99. The minimum Gasteiger partial charge on any atom is -0.495 e. The SMILES string of the molecule is COc1cc(OC)c(S(=O)Cl)cc1OC. The van der Waals surface area contributed by atoms with Gasteiger partial charge in [-0.05, 0) is 10.7 Å². The molecule has 1 atom stereocenters. The highest BCUT2D eigenvalue weighted by molar-refractivity contribution is 8.08. The Balaban J connectivity index is 3.34. The van der Waals surface area contributed by atoms with Crippen molar-refractivity contribution in [3.8, 4) is 17.2 Å². The molecule has 1 rings (SSSR count). The van der Waals surface area contributed by atoms with Crippen LogP contribution in [0.3, 0.4) is 0 Å². The molecule has 1 aromatic carbocycles. The van der Waals surface area contributed by atoms with Gasteiger partial charge in [-0.3, -0.25) is 0 Å². The maximum atomic E-state index is 11.2. The van der Waals surface area contributed by atoms with Crippen molar-refractivity contribution in [2.24, 2.45) is 0 Å². The van der Waals surface area contributed by atoms with Crippen LogP contribution < -0.4 is 14.2 Å². The Bertz CT molecular complexity index is 381. The molecule has 0 radical (unpaired) electrons. The number of benzene rings is 1. The third-order valence-corrected chi connectivity index (χ3v) is 3.01. The fraction of sp³-hybridized carbons (Fsp3) is 0.333. The summed E-state index contributed by atoms with van der Waals surface area (Å²) in [7, 11) is 8.32. The van der Waals surface area contributed by atoms with Crippen molar-refractivity contribution < 1.29 is 18.4 Å². The maximum Gasteiger partial charge on any atom is 0.164 e. The second kappa shape index (κ2) is 5.23. The topological polar surface area (TPSA) is 44.8 Å². The van der Waals surface area contributed by atoms with Crippen LogP contribution in [0.2, 0.25) is 0 Å². The quantitative estimate of drug-likeness (QED) is 0.767. The summed E-state index contributed by atoms with van der Waals surface area (Å²) in [4.78, 5) is 0.358. The van der Waals surface area contributed by atoms with Crippen LogP contribution in [0.1, 0.15) is 0 Å². The monoisotopic (exact) mass is 250 g/mol. The summed E-state index contributed by atoms with van der Waals surface area (Å²) in [6, 6.07) is 3.11. The van der Waals surface area contributed by atoms with E-state index >= 15 is 0 Å². The lowest BCUT2D eigenvalue weighted by atomic mass is 10.3. The van der Waals surface area contributed by atoms with E-state index < -0.39 is 10.0 Å². The highest BCUT2D eigenvalue weighted by Gasteiger charge is 2.15. The van der Waals surface area contributed by atoms with E-state index in [1.165, 1.54) is 27.4 Å². The second-order valence-corrected chi connectivity index (χ2v) is 4.31. The molecule has 0 aliphatic rings. The van der Waals surface area contributed by atoms with Crippen molar-refractivity contribution in [2.45, 2.75) is 4.90 Å². The third-order valence-electron chi connectivity index (χ3n) is 1.84. The molecule has 0 bridgehead atoms. The molecular formula is C9H11ClO4S. The van der Waals surface area contributed by atoms with Crippen LogP contribution in [0.5, 0.6) is 17.2 Å². The predicted octanol–water partition coefficient (Wildman–Crippen LogP) is 1.97. The molecule has 84 valence electrons. The van der Waals surface area contributed by atoms with Gasteiger partial charge in [-0.1, -0.05) is 0 Å². The maximum absolute atomic E-state index is 11.2. The summed E-state index contributed by atoms with van der Waals surface area (Å²) < 4.78 is 26.3. The van der Waals surface area contributed by atoms with E-state index in [0.717, 1.165) is 0 Å². The van der Waals surface area contributed by atoms with Crippen LogP contribution in [0, 0.1) is 0 Å². The van der Waals surface area contributed by atoms with Gasteiger partial charge in [0.05, 0.1) is 21.3 Å². The molecule has 4 nitrogen and oxygen atoms in total. The molecule has 0 aliphatic carbocycles. The van der Waals surface area contributed by atoms with E-state index in [0.29, 0.717) is 22.1 Å². The van der Waals surface area contributed by atoms with Gasteiger partial charge in [0, 0.05) is 12.1 Å². The molecule has 0 saturated carbocycles. The molecule has 1 aromatic rings. The van der Waals surface area contributed by atoms with Gasteiger partial charge in [-0.15, -0.1) is 0 Å². The van der Waals surface area contributed by atoms with Crippen molar-refractivity contribution >= 4 is 20.7 Å². The van der Waals surface area contributed by atoms with Crippen LogP contribution in [-0.2, 0) is 10.0 Å². The average Bonchev–Trinajstić information content (AvgIpc) is 2.26. The zero-order valence-corrected chi connectivity index (χ0v) is 10.1. The second-order valence-electron chi connectivity index (χ2n) is 2.58. The fourth-order valence-electron chi connectivity index (χ4n) is 1.13. The Hall–Kier alpha value is -0.940. The molecule has 0 aromatic heterocycles. The van der Waals surface area contributed by atoms with E-state index in [-0.39, 0.29) is 0 Å². The van der Waals surface area contributed by atoms with Crippen molar-refractivity contribution in [1.82, 2.24) is 0 Å². The van der Waals surface area contributed by atoms with E-state index in [2.05, 4.69) is 0 Å². The highest BCUT2D eigenvalue weighted by Crippen LogP contribution is 2.36. The van der Waals surface area contributed by atoms with Crippen molar-refractivity contribution in [1.29, 1.82) is 0 Å². The summed E-state index contributed by atoms with van der Waals surface area (Å²) >= 11 is 0. The van der Waals surface area contributed by atoms with Gasteiger partial charge in [-0.2, -0.15) is 0 Å². The molecule has 0 amide bonds. The minimum atomic E-state index is -1.65. The fourth-order valence-corrected chi connectivity index (χ4v) is 1.99. The van der Waals surface area contributed by atoms with E-state index in [1.54, 1.807) is 6.07 Å². The summed E-state index contributed by atoms with van der Waals surface area (Å²) in [5.74, 6) is 1.36. The van der Waals surface area contributed by atoms with E-state index in [1.807, 2.05) is 0 Å². The predicted molar refractivity (Wildman–Crippen MR) is 58.4 cm³/mol. The third kappa shape index (κ3) is 2.54. The molecule has 0 N–H and O–H groups in total. The van der Waals surface area contributed by atoms with Crippen molar-refractivity contribution in [3.05, 3.63) is 12.1 Å². The van der Waals surface area contributed by atoms with Crippen LogP contribution in [0.15, 0.2) is 17.0 Å². The lowest BCUT2D eigenvalue weighted by molar-refractivity contribution is 0.345. The number of ether oxygens (including phenoxy) is 3. The van der Waals surface area contributed by atoms with Gasteiger partial charge in [0.25, 0.3) is 0 Å². The van der Waals surface area contributed by atoms with E-state index in [9.17, 15) is 4.21 Å². The highest BCUT2D eigenvalue weighted by atomic mass is 35.7.